The zero-order chi connectivity index (χ0) is 12.3. The molecule has 2 aromatic rings. The number of carbonyl (C=O) groups excluding carboxylic acids is 1. The average molecular weight is 226 g/mol. The van der Waals surface area contributed by atoms with Crippen LogP contribution in [-0.2, 0) is 6.54 Å². The van der Waals surface area contributed by atoms with E-state index >= 15 is 0 Å². The van der Waals surface area contributed by atoms with Gasteiger partial charge >= 0.3 is 0 Å². The van der Waals surface area contributed by atoms with E-state index in [0.29, 0.717) is 12.1 Å². The Kier molecular flexibility index (Phi) is 3.21. The number of hydrogen-bond acceptors (Lipinski definition) is 2. The molecule has 1 amide bonds. The summed E-state index contributed by atoms with van der Waals surface area (Å²) in [6.45, 7) is 0.503. The Labute approximate surface area is 100 Å². The van der Waals surface area contributed by atoms with Gasteiger partial charge in [0.05, 0.1) is 0 Å². The molecule has 0 aliphatic heterocycles. The summed E-state index contributed by atoms with van der Waals surface area (Å²) in [5.41, 5.74) is 14.4. The number of nitrogens with two attached hydrogens (primary N) is 2. The van der Waals surface area contributed by atoms with Gasteiger partial charge in [-0.15, -0.1) is 0 Å². The molecule has 17 heavy (non-hydrogen) atoms. The summed E-state index contributed by atoms with van der Waals surface area (Å²) in [7, 11) is 0. The van der Waals surface area contributed by atoms with Crippen molar-refractivity contribution in [3.63, 3.8) is 0 Å². The van der Waals surface area contributed by atoms with E-state index in [0.717, 1.165) is 16.7 Å². The molecule has 0 radical (unpaired) electrons. The molecule has 0 heterocycles. The maximum atomic E-state index is 11.1. The van der Waals surface area contributed by atoms with Gasteiger partial charge in [0.15, 0.2) is 0 Å². The lowest BCUT2D eigenvalue weighted by atomic mass is 10.0. The number of rotatable bonds is 3. The lowest BCUT2D eigenvalue weighted by molar-refractivity contribution is 0.100. The zero-order valence-electron chi connectivity index (χ0n) is 9.39. The second-order valence-electron chi connectivity index (χ2n) is 3.85. The Balaban J connectivity index is 2.45. The van der Waals surface area contributed by atoms with Crippen molar-refractivity contribution in [3.05, 3.63) is 59.7 Å². The Morgan fingerprint density at radius 1 is 1.00 bits per heavy atom. The van der Waals surface area contributed by atoms with E-state index in [2.05, 4.69) is 0 Å². The number of hydrogen-bond donors (Lipinski definition) is 2. The van der Waals surface area contributed by atoms with Crippen molar-refractivity contribution in [1.82, 2.24) is 0 Å². The van der Waals surface area contributed by atoms with Gasteiger partial charge in [0, 0.05) is 12.1 Å². The normalized spacial score (nSPS) is 10.2. The summed E-state index contributed by atoms with van der Waals surface area (Å²) in [5.74, 6) is -0.415. The van der Waals surface area contributed by atoms with Crippen LogP contribution in [0.15, 0.2) is 48.5 Å². The first kappa shape index (κ1) is 11.4. The number of carbonyl (C=O) groups is 1. The quantitative estimate of drug-likeness (QED) is 0.839. The third kappa shape index (κ3) is 2.52. The summed E-state index contributed by atoms with van der Waals surface area (Å²) in [6.07, 6.45) is 0. The van der Waals surface area contributed by atoms with Crippen LogP contribution in [0.25, 0.3) is 11.1 Å². The van der Waals surface area contributed by atoms with E-state index in [1.165, 1.54) is 0 Å². The largest absolute Gasteiger partial charge is 0.366 e. The molecule has 0 fully saturated rings. The molecule has 86 valence electrons. The molecular formula is C14H14N2O. The fourth-order valence-electron chi connectivity index (χ4n) is 1.73. The van der Waals surface area contributed by atoms with Gasteiger partial charge in [-0.2, -0.15) is 0 Å². The van der Waals surface area contributed by atoms with E-state index in [4.69, 9.17) is 11.5 Å². The molecule has 0 saturated carbocycles. The molecular weight excluding hydrogens is 212 g/mol. The van der Waals surface area contributed by atoms with Gasteiger partial charge in [0.25, 0.3) is 0 Å². The van der Waals surface area contributed by atoms with Crippen LogP contribution < -0.4 is 11.5 Å². The zero-order valence-corrected chi connectivity index (χ0v) is 9.39. The molecule has 0 atom stereocenters. The maximum absolute atomic E-state index is 11.1. The van der Waals surface area contributed by atoms with Crippen LogP contribution in [0, 0.1) is 0 Å². The summed E-state index contributed by atoms with van der Waals surface area (Å²) in [5, 5.41) is 0. The van der Waals surface area contributed by atoms with Gasteiger partial charge in [0.2, 0.25) is 5.91 Å². The van der Waals surface area contributed by atoms with Crippen molar-refractivity contribution >= 4 is 5.91 Å². The summed E-state index contributed by atoms with van der Waals surface area (Å²) >= 11 is 0. The Hall–Kier alpha value is -2.13. The summed E-state index contributed by atoms with van der Waals surface area (Å²) in [4.78, 5) is 11.1. The molecule has 0 aliphatic carbocycles. The molecule has 0 saturated heterocycles. The van der Waals surface area contributed by atoms with Gasteiger partial charge in [-0.1, -0.05) is 30.3 Å². The molecule has 3 heteroatoms. The predicted molar refractivity (Wildman–Crippen MR) is 68.3 cm³/mol. The topological polar surface area (TPSA) is 69.1 Å². The molecule has 2 aromatic carbocycles. The second-order valence-corrected chi connectivity index (χ2v) is 3.85. The van der Waals surface area contributed by atoms with Crippen LogP contribution >= 0.6 is 0 Å². The Morgan fingerprint density at radius 3 is 2.29 bits per heavy atom. The third-order valence-corrected chi connectivity index (χ3v) is 2.64. The van der Waals surface area contributed by atoms with Crippen LogP contribution in [0.4, 0.5) is 0 Å². The first-order chi connectivity index (χ1) is 8.20. The lowest BCUT2D eigenvalue weighted by Gasteiger charge is -2.05. The standard InChI is InChI=1S/C14H14N2O/c15-9-10-3-1-4-11(7-10)12-5-2-6-13(8-12)14(16)17/h1-8H,9,15H2,(H2,16,17). The number of amides is 1. The molecule has 0 unspecified atom stereocenters. The van der Waals surface area contributed by atoms with Crippen LogP contribution in [-0.4, -0.2) is 5.91 Å². The molecule has 4 N–H and O–H groups in total. The van der Waals surface area contributed by atoms with Crippen molar-refractivity contribution < 1.29 is 4.79 Å². The molecule has 0 spiro atoms. The van der Waals surface area contributed by atoms with Gasteiger partial charge in [0.1, 0.15) is 0 Å². The first-order valence-electron chi connectivity index (χ1n) is 5.40. The monoisotopic (exact) mass is 226 g/mol. The van der Waals surface area contributed by atoms with Gasteiger partial charge in [-0.05, 0) is 34.9 Å². The Bertz CT molecular complexity index is 549. The van der Waals surface area contributed by atoms with Gasteiger partial charge in [-0.3, -0.25) is 4.79 Å². The third-order valence-electron chi connectivity index (χ3n) is 2.64. The number of benzene rings is 2. The van der Waals surface area contributed by atoms with E-state index in [9.17, 15) is 4.79 Å². The first-order valence-corrected chi connectivity index (χ1v) is 5.40. The van der Waals surface area contributed by atoms with Crippen LogP contribution in [0.3, 0.4) is 0 Å². The highest BCUT2D eigenvalue weighted by Crippen LogP contribution is 2.21. The Morgan fingerprint density at radius 2 is 1.65 bits per heavy atom. The van der Waals surface area contributed by atoms with Crippen molar-refractivity contribution in [2.24, 2.45) is 11.5 Å². The fraction of sp³-hybridized carbons (Fsp3) is 0.0714. The SMILES string of the molecule is NCc1cccc(-c2cccc(C(N)=O)c2)c1. The van der Waals surface area contributed by atoms with E-state index in [1.54, 1.807) is 12.1 Å². The van der Waals surface area contributed by atoms with Crippen LogP contribution in [0.1, 0.15) is 15.9 Å². The van der Waals surface area contributed by atoms with Crippen molar-refractivity contribution in [3.8, 4) is 11.1 Å². The second kappa shape index (κ2) is 4.80. The summed E-state index contributed by atoms with van der Waals surface area (Å²) < 4.78 is 0. The highest BCUT2D eigenvalue weighted by molar-refractivity contribution is 5.94. The minimum Gasteiger partial charge on any atom is -0.366 e. The molecule has 0 aliphatic rings. The van der Waals surface area contributed by atoms with Crippen molar-refractivity contribution in [2.45, 2.75) is 6.54 Å². The highest BCUT2D eigenvalue weighted by atomic mass is 16.1. The van der Waals surface area contributed by atoms with E-state index < -0.39 is 5.91 Å². The van der Waals surface area contributed by atoms with Crippen LogP contribution in [0.2, 0.25) is 0 Å². The minimum atomic E-state index is -0.415. The molecule has 2 rings (SSSR count). The van der Waals surface area contributed by atoms with Gasteiger partial charge in [-0.25, -0.2) is 0 Å². The average Bonchev–Trinajstić information content (AvgIpc) is 2.39. The molecule has 0 aromatic heterocycles. The predicted octanol–water partition coefficient (Wildman–Crippen LogP) is 1.91. The minimum absolute atomic E-state index is 0.415. The van der Waals surface area contributed by atoms with Gasteiger partial charge < -0.3 is 11.5 Å². The lowest BCUT2D eigenvalue weighted by Crippen LogP contribution is -2.10. The number of primary amides is 1. The molecule has 3 nitrogen and oxygen atoms in total. The molecule has 0 bridgehead atoms. The van der Waals surface area contributed by atoms with E-state index in [-0.39, 0.29) is 0 Å². The smallest absolute Gasteiger partial charge is 0.248 e. The summed E-state index contributed by atoms with van der Waals surface area (Å²) in [6, 6.07) is 15.2. The maximum Gasteiger partial charge on any atom is 0.248 e. The van der Waals surface area contributed by atoms with Crippen molar-refractivity contribution in [2.75, 3.05) is 0 Å². The highest BCUT2D eigenvalue weighted by Gasteiger charge is 2.03. The fourth-order valence-corrected chi connectivity index (χ4v) is 1.73. The van der Waals surface area contributed by atoms with Crippen LogP contribution in [0.5, 0.6) is 0 Å². The van der Waals surface area contributed by atoms with E-state index in [1.807, 2.05) is 36.4 Å². The van der Waals surface area contributed by atoms with Crippen molar-refractivity contribution in [1.29, 1.82) is 0 Å².